The van der Waals surface area contributed by atoms with Gasteiger partial charge >= 0.3 is 0 Å². The van der Waals surface area contributed by atoms with Gasteiger partial charge in [-0.2, -0.15) is 0 Å². The first-order valence-electron chi connectivity index (χ1n) is 6.32. The number of hydrogen-bond donors (Lipinski definition) is 0. The minimum atomic E-state index is 0.217. The van der Waals surface area contributed by atoms with Gasteiger partial charge in [-0.15, -0.1) is 11.8 Å². The molecule has 2 aromatic rings. The third-order valence-corrected chi connectivity index (χ3v) is 4.95. The number of carbonyl (C=O) groups excluding carboxylic acids is 1. The number of thioether (sulfide) groups is 1. The van der Waals surface area contributed by atoms with Gasteiger partial charge in [0.2, 0.25) is 0 Å². The van der Waals surface area contributed by atoms with E-state index in [0.29, 0.717) is 6.42 Å². The molecule has 0 spiro atoms. The van der Waals surface area contributed by atoms with Crippen LogP contribution in [-0.2, 0) is 0 Å². The number of halogens is 2. The Morgan fingerprint density at radius 2 is 1.45 bits per heavy atom. The van der Waals surface area contributed by atoms with Crippen LogP contribution in [0.5, 0.6) is 0 Å². The maximum absolute atomic E-state index is 12.0. The molecule has 0 aliphatic rings. The van der Waals surface area contributed by atoms with E-state index in [9.17, 15) is 4.79 Å². The van der Waals surface area contributed by atoms with Crippen LogP contribution in [0, 0.1) is 0 Å². The number of benzene rings is 2. The molecule has 1 nitrogen and oxygen atoms in total. The Hall–Kier alpha value is -0.580. The zero-order valence-corrected chi connectivity index (χ0v) is 14.8. The van der Waals surface area contributed by atoms with E-state index < -0.39 is 0 Å². The van der Waals surface area contributed by atoms with E-state index in [2.05, 4.69) is 44.0 Å². The highest BCUT2D eigenvalue weighted by Gasteiger charge is 2.05. The van der Waals surface area contributed by atoms with Crippen molar-refractivity contribution in [2.24, 2.45) is 0 Å². The highest BCUT2D eigenvalue weighted by molar-refractivity contribution is 9.10. The van der Waals surface area contributed by atoms with Gasteiger partial charge in [0.05, 0.1) is 0 Å². The minimum absolute atomic E-state index is 0.217. The van der Waals surface area contributed by atoms with E-state index in [0.717, 1.165) is 26.7 Å². The van der Waals surface area contributed by atoms with Crippen molar-refractivity contribution in [1.29, 1.82) is 0 Å². The van der Waals surface area contributed by atoms with Crippen molar-refractivity contribution < 1.29 is 4.79 Å². The van der Waals surface area contributed by atoms with Crippen LogP contribution in [0.2, 0.25) is 0 Å². The van der Waals surface area contributed by atoms with E-state index in [1.54, 1.807) is 11.8 Å². The summed E-state index contributed by atoms with van der Waals surface area (Å²) in [7, 11) is 0. The Morgan fingerprint density at radius 1 is 0.900 bits per heavy atom. The van der Waals surface area contributed by atoms with Crippen LogP contribution in [0.4, 0.5) is 0 Å². The molecular formula is C16H14Br2OS. The van der Waals surface area contributed by atoms with E-state index in [-0.39, 0.29) is 5.78 Å². The maximum atomic E-state index is 12.0. The van der Waals surface area contributed by atoms with Gasteiger partial charge in [0, 0.05) is 25.8 Å². The lowest BCUT2D eigenvalue weighted by Crippen LogP contribution is -1.99. The average Bonchev–Trinajstić information content (AvgIpc) is 2.46. The average molecular weight is 414 g/mol. The molecule has 0 unspecified atom stereocenters. The van der Waals surface area contributed by atoms with Gasteiger partial charge in [-0.05, 0) is 48.6 Å². The normalized spacial score (nSPS) is 10.5. The maximum Gasteiger partial charge on any atom is 0.162 e. The lowest BCUT2D eigenvalue weighted by Gasteiger charge is -2.03. The zero-order valence-electron chi connectivity index (χ0n) is 10.8. The predicted molar refractivity (Wildman–Crippen MR) is 92.6 cm³/mol. The zero-order chi connectivity index (χ0) is 14.4. The van der Waals surface area contributed by atoms with E-state index in [1.165, 1.54) is 4.90 Å². The van der Waals surface area contributed by atoms with Gasteiger partial charge in [0.1, 0.15) is 0 Å². The van der Waals surface area contributed by atoms with Gasteiger partial charge in [-0.1, -0.05) is 44.0 Å². The number of carbonyl (C=O) groups is 1. The minimum Gasteiger partial charge on any atom is -0.294 e. The second-order valence-electron chi connectivity index (χ2n) is 4.34. The van der Waals surface area contributed by atoms with Crippen LogP contribution in [0.25, 0.3) is 0 Å². The fraction of sp³-hybridized carbons (Fsp3) is 0.188. The van der Waals surface area contributed by atoms with Crippen LogP contribution in [0.15, 0.2) is 62.4 Å². The predicted octanol–water partition coefficient (Wildman–Crippen LogP) is 5.97. The molecule has 0 N–H and O–H groups in total. The van der Waals surface area contributed by atoms with Gasteiger partial charge < -0.3 is 0 Å². The molecule has 0 bridgehead atoms. The second kappa shape index (κ2) is 8.01. The smallest absolute Gasteiger partial charge is 0.162 e. The van der Waals surface area contributed by atoms with Crippen LogP contribution in [0.1, 0.15) is 23.2 Å². The molecule has 0 amide bonds. The number of rotatable bonds is 6. The van der Waals surface area contributed by atoms with Crippen LogP contribution in [0.3, 0.4) is 0 Å². The van der Waals surface area contributed by atoms with Crippen molar-refractivity contribution in [2.45, 2.75) is 17.7 Å². The molecule has 0 aromatic heterocycles. The molecule has 0 atom stereocenters. The third-order valence-electron chi connectivity index (χ3n) is 2.80. The Labute approximate surface area is 140 Å². The van der Waals surface area contributed by atoms with E-state index in [4.69, 9.17) is 0 Å². The van der Waals surface area contributed by atoms with Crippen molar-refractivity contribution in [3.63, 3.8) is 0 Å². The largest absolute Gasteiger partial charge is 0.294 e. The third kappa shape index (κ3) is 5.08. The Bertz CT molecular complexity index is 564. The molecule has 104 valence electrons. The molecule has 0 saturated heterocycles. The summed E-state index contributed by atoms with van der Waals surface area (Å²) in [5.74, 6) is 1.18. The number of hydrogen-bond acceptors (Lipinski definition) is 2. The molecule has 0 aliphatic carbocycles. The Kier molecular flexibility index (Phi) is 6.33. The summed E-state index contributed by atoms with van der Waals surface area (Å²) in [6, 6.07) is 15.8. The molecule has 2 rings (SSSR count). The molecule has 2 aromatic carbocycles. The van der Waals surface area contributed by atoms with Gasteiger partial charge in [-0.25, -0.2) is 0 Å². The van der Waals surface area contributed by atoms with Crippen LogP contribution in [-0.4, -0.2) is 11.5 Å². The standard InChI is InChI=1S/C16H14Br2OS/c17-13-5-3-12(4-6-13)16(19)2-1-11-20-15-9-7-14(18)8-10-15/h3-10H,1-2,11H2. The first-order chi connectivity index (χ1) is 9.65. The summed E-state index contributed by atoms with van der Waals surface area (Å²) in [5, 5.41) is 0. The lowest BCUT2D eigenvalue weighted by molar-refractivity contribution is 0.0982. The fourth-order valence-electron chi connectivity index (χ4n) is 1.73. The van der Waals surface area contributed by atoms with Crippen molar-refractivity contribution in [2.75, 3.05) is 5.75 Å². The van der Waals surface area contributed by atoms with Crippen molar-refractivity contribution in [3.05, 3.63) is 63.0 Å². The van der Waals surface area contributed by atoms with Crippen LogP contribution < -0.4 is 0 Å². The van der Waals surface area contributed by atoms with Crippen molar-refractivity contribution >= 4 is 49.4 Å². The van der Waals surface area contributed by atoms with E-state index >= 15 is 0 Å². The van der Waals surface area contributed by atoms with Crippen LogP contribution >= 0.6 is 43.6 Å². The van der Waals surface area contributed by atoms with Gasteiger partial charge in [0.25, 0.3) is 0 Å². The highest BCUT2D eigenvalue weighted by Crippen LogP contribution is 2.22. The highest BCUT2D eigenvalue weighted by atomic mass is 79.9. The molecule has 20 heavy (non-hydrogen) atoms. The molecular weight excluding hydrogens is 400 g/mol. The molecule has 0 fully saturated rings. The fourth-order valence-corrected chi connectivity index (χ4v) is 3.12. The monoisotopic (exact) mass is 412 g/mol. The summed E-state index contributed by atoms with van der Waals surface area (Å²) >= 11 is 8.58. The van der Waals surface area contributed by atoms with Crippen molar-refractivity contribution in [3.8, 4) is 0 Å². The summed E-state index contributed by atoms with van der Waals surface area (Å²) in [5.41, 5.74) is 0.793. The summed E-state index contributed by atoms with van der Waals surface area (Å²) in [6.45, 7) is 0. The number of Topliss-reactive ketones (excluding diaryl/α,β-unsaturated/α-hetero) is 1. The summed E-state index contributed by atoms with van der Waals surface area (Å²) < 4.78 is 2.09. The lowest BCUT2D eigenvalue weighted by atomic mass is 10.1. The summed E-state index contributed by atoms with van der Waals surface area (Å²) in [6.07, 6.45) is 1.50. The molecule has 0 aliphatic heterocycles. The first-order valence-corrected chi connectivity index (χ1v) is 8.89. The second-order valence-corrected chi connectivity index (χ2v) is 7.34. The SMILES string of the molecule is O=C(CCCSc1ccc(Br)cc1)c1ccc(Br)cc1. The first kappa shape index (κ1) is 15.8. The number of ketones is 1. The van der Waals surface area contributed by atoms with E-state index in [1.807, 2.05) is 36.4 Å². The molecule has 0 saturated carbocycles. The summed E-state index contributed by atoms with van der Waals surface area (Å²) in [4.78, 5) is 13.2. The Morgan fingerprint density at radius 3 is 2.05 bits per heavy atom. The Balaban J connectivity index is 1.74. The topological polar surface area (TPSA) is 17.1 Å². The van der Waals surface area contributed by atoms with Crippen molar-refractivity contribution in [1.82, 2.24) is 0 Å². The molecule has 4 heteroatoms. The van der Waals surface area contributed by atoms with Gasteiger partial charge in [0.15, 0.2) is 5.78 Å². The van der Waals surface area contributed by atoms with Gasteiger partial charge in [-0.3, -0.25) is 4.79 Å². The molecule has 0 radical (unpaired) electrons. The quantitative estimate of drug-likeness (QED) is 0.329. The molecule has 0 heterocycles.